The van der Waals surface area contributed by atoms with Gasteiger partial charge in [0.15, 0.2) is 5.82 Å². The summed E-state index contributed by atoms with van der Waals surface area (Å²) in [6.07, 6.45) is 1.94. The summed E-state index contributed by atoms with van der Waals surface area (Å²) in [5, 5.41) is 5.55. The summed E-state index contributed by atoms with van der Waals surface area (Å²) in [5.74, 6) is -0.785. The first-order chi connectivity index (χ1) is 8.93. The molecule has 1 atom stereocenters. The number of benzene rings is 1. The fraction of sp³-hybridized carbons (Fsp3) is 0.462. The summed E-state index contributed by atoms with van der Waals surface area (Å²) in [5.41, 5.74) is 0.509. The summed E-state index contributed by atoms with van der Waals surface area (Å²) >= 11 is 11.3. The first-order valence-corrected chi connectivity index (χ1v) is 6.87. The minimum Gasteiger partial charge on any atom is -0.376 e. The molecule has 0 aliphatic rings. The van der Waals surface area contributed by atoms with E-state index in [1.54, 1.807) is 0 Å². The Hall–Kier alpha value is -1.00. The van der Waals surface area contributed by atoms with Gasteiger partial charge in [-0.15, -0.1) is 0 Å². The third-order valence-corrected chi connectivity index (χ3v) is 3.12. The van der Waals surface area contributed by atoms with Gasteiger partial charge in [0, 0.05) is 11.7 Å². The van der Waals surface area contributed by atoms with Gasteiger partial charge < -0.3 is 10.6 Å². The van der Waals surface area contributed by atoms with Gasteiger partial charge in [-0.05, 0) is 25.5 Å². The van der Waals surface area contributed by atoms with Crippen LogP contribution in [0.3, 0.4) is 0 Å². The maximum absolute atomic E-state index is 13.2. The topological polar surface area (TPSA) is 41.1 Å². The molecule has 0 aliphatic heterocycles. The van der Waals surface area contributed by atoms with Crippen LogP contribution in [0.4, 0.5) is 10.1 Å². The summed E-state index contributed by atoms with van der Waals surface area (Å²) in [4.78, 5) is 11.6. The number of carbonyl (C=O) groups excluding carboxylic acids is 1. The third-order valence-electron chi connectivity index (χ3n) is 2.57. The lowest BCUT2D eigenvalue weighted by Crippen LogP contribution is -2.36. The molecule has 0 heterocycles. The van der Waals surface area contributed by atoms with E-state index in [1.807, 2.05) is 6.92 Å². The molecular weight excluding hydrogens is 290 g/mol. The van der Waals surface area contributed by atoms with Gasteiger partial charge in [0.25, 0.3) is 0 Å². The van der Waals surface area contributed by atoms with E-state index in [9.17, 15) is 9.18 Å². The molecule has 0 saturated heterocycles. The zero-order valence-corrected chi connectivity index (χ0v) is 12.4. The molecule has 0 saturated carbocycles. The highest BCUT2D eigenvalue weighted by Crippen LogP contribution is 2.27. The zero-order valence-electron chi connectivity index (χ0n) is 10.9. The van der Waals surface area contributed by atoms with Crippen molar-refractivity contribution in [1.82, 2.24) is 5.32 Å². The standard InChI is InChI=1S/C13H17Cl2FN2O/c1-3-4-8(2)18-12(19)7-17-9-5-10(14)13(16)11(15)6-9/h5-6,8,17H,3-4,7H2,1-2H3,(H,18,19). The first kappa shape index (κ1) is 16.1. The van der Waals surface area contributed by atoms with E-state index < -0.39 is 5.82 Å². The van der Waals surface area contributed by atoms with E-state index in [1.165, 1.54) is 12.1 Å². The second-order valence-corrected chi connectivity index (χ2v) is 5.18. The number of anilines is 1. The van der Waals surface area contributed by atoms with Crippen molar-refractivity contribution in [3.63, 3.8) is 0 Å². The highest BCUT2D eigenvalue weighted by molar-refractivity contribution is 6.35. The molecular formula is C13H17Cl2FN2O. The van der Waals surface area contributed by atoms with E-state index in [-0.39, 0.29) is 28.5 Å². The Morgan fingerprint density at radius 2 is 1.95 bits per heavy atom. The molecule has 2 N–H and O–H groups in total. The summed E-state index contributed by atoms with van der Waals surface area (Å²) in [6.45, 7) is 4.10. The van der Waals surface area contributed by atoms with Crippen molar-refractivity contribution in [2.24, 2.45) is 0 Å². The van der Waals surface area contributed by atoms with Crippen LogP contribution in [0.15, 0.2) is 12.1 Å². The minimum atomic E-state index is -0.657. The molecule has 1 amide bonds. The Kier molecular flexibility index (Phi) is 6.38. The van der Waals surface area contributed by atoms with Gasteiger partial charge >= 0.3 is 0 Å². The van der Waals surface area contributed by atoms with E-state index in [4.69, 9.17) is 23.2 Å². The van der Waals surface area contributed by atoms with Gasteiger partial charge in [0.2, 0.25) is 5.91 Å². The van der Waals surface area contributed by atoms with Gasteiger partial charge in [-0.25, -0.2) is 4.39 Å². The van der Waals surface area contributed by atoms with Crippen molar-refractivity contribution < 1.29 is 9.18 Å². The quantitative estimate of drug-likeness (QED) is 0.784. The van der Waals surface area contributed by atoms with Crippen LogP contribution in [0.2, 0.25) is 10.0 Å². The summed E-state index contributed by atoms with van der Waals surface area (Å²) < 4.78 is 13.2. The van der Waals surface area contributed by atoms with Crippen LogP contribution in [-0.2, 0) is 4.79 Å². The van der Waals surface area contributed by atoms with Crippen molar-refractivity contribution in [2.45, 2.75) is 32.7 Å². The Morgan fingerprint density at radius 1 is 1.37 bits per heavy atom. The molecule has 1 aromatic rings. The average Bonchev–Trinajstić information content (AvgIpc) is 2.33. The van der Waals surface area contributed by atoms with Crippen LogP contribution >= 0.6 is 23.2 Å². The molecule has 0 aromatic heterocycles. The van der Waals surface area contributed by atoms with Crippen molar-refractivity contribution in [3.8, 4) is 0 Å². The highest BCUT2D eigenvalue weighted by atomic mass is 35.5. The number of halogens is 3. The second-order valence-electron chi connectivity index (χ2n) is 4.36. The van der Waals surface area contributed by atoms with Crippen LogP contribution in [0.5, 0.6) is 0 Å². The summed E-state index contributed by atoms with van der Waals surface area (Å²) in [6, 6.07) is 2.93. The van der Waals surface area contributed by atoms with Gasteiger partial charge in [-0.2, -0.15) is 0 Å². The number of carbonyl (C=O) groups is 1. The predicted molar refractivity (Wildman–Crippen MR) is 77.4 cm³/mol. The van der Waals surface area contributed by atoms with Crippen LogP contribution in [-0.4, -0.2) is 18.5 Å². The van der Waals surface area contributed by atoms with Gasteiger partial charge in [0.05, 0.1) is 16.6 Å². The molecule has 106 valence electrons. The second kappa shape index (κ2) is 7.56. The lowest BCUT2D eigenvalue weighted by atomic mass is 10.2. The van der Waals surface area contributed by atoms with E-state index in [0.29, 0.717) is 5.69 Å². The minimum absolute atomic E-state index is 0.0743. The van der Waals surface area contributed by atoms with Crippen molar-refractivity contribution in [1.29, 1.82) is 0 Å². The Balaban J connectivity index is 2.51. The normalized spacial score (nSPS) is 12.1. The zero-order chi connectivity index (χ0) is 14.4. The molecule has 3 nitrogen and oxygen atoms in total. The third kappa shape index (κ3) is 5.25. The molecule has 0 fully saturated rings. The number of rotatable bonds is 6. The molecule has 1 aromatic carbocycles. The smallest absolute Gasteiger partial charge is 0.239 e. The van der Waals surface area contributed by atoms with Gasteiger partial charge in [0.1, 0.15) is 0 Å². The van der Waals surface area contributed by atoms with Crippen LogP contribution in [0.1, 0.15) is 26.7 Å². The van der Waals surface area contributed by atoms with E-state index in [2.05, 4.69) is 17.6 Å². The summed E-state index contributed by atoms with van der Waals surface area (Å²) in [7, 11) is 0. The maximum Gasteiger partial charge on any atom is 0.239 e. The number of nitrogens with one attached hydrogen (secondary N) is 2. The van der Waals surface area contributed by atoms with E-state index in [0.717, 1.165) is 12.8 Å². The lowest BCUT2D eigenvalue weighted by Gasteiger charge is -2.13. The van der Waals surface area contributed by atoms with E-state index >= 15 is 0 Å². The Labute approximate surface area is 122 Å². The SMILES string of the molecule is CCCC(C)NC(=O)CNc1cc(Cl)c(F)c(Cl)c1. The molecule has 19 heavy (non-hydrogen) atoms. The first-order valence-electron chi connectivity index (χ1n) is 6.11. The highest BCUT2D eigenvalue weighted by Gasteiger charge is 2.09. The van der Waals surface area contributed by atoms with Gasteiger partial charge in [-0.3, -0.25) is 4.79 Å². The monoisotopic (exact) mass is 306 g/mol. The molecule has 6 heteroatoms. The van der Waals surface area contributed by atoms with Crippen LogP contribution in [0, 0.1) is 5.82 Å². The molecule has 0 bridgehead atoms. The number of amides is 1. The van der Waals surface area contributed by atoms with Crippen molar-refractivity contribution in [3.05, 3.63) is 28.0 Å². The molecule has 1 unspecified atom stereocenters. The fourth-order valence-corrected chi connectivity index (χ4v) is 2.16. The van der Waals surface area contributed by atoms with Crippen LogP contribution in [0.25, 0.3) is 0 Å². The van der Waals surface area contributed by atoms with Gasteiger partial charge in [-0.1, -0.05) is 36.5 Å². The number of hydrogen-bond acceptors (Lipinski definition) is 2. The lowest BCUT2D eigenvalue weighted by molar-refractivity contribution is -0.120. The van der Waals surface area contributed by atoms with Crippen molar-refractivity contribution >= 4 is 34.8 Å². The molecule has 0 radical (unpaired) electrons. The molecule has 0 spiro atoms. The largest absolute Gasteiger partial charge is 0.376 e. The Bertz CT molecular complexity index is 431. The average molecular weight is 307 g/mol. The van der Waals surface area contributed by atoms with Crippen molar-refractivity contribution in [2.75, 3.05) is 11.9 Å². The maximum atomic E-state index is 13.2. The fourth-order valence-electron chi connectivity index (χ4n) is 1.67. The number of hydrogen-bond donors (Lipinski definition) is 2. The molecule has 1 rings (SSSR count). The molecule has 0 aliphatic carbocycles. The Morgan fingerprint density at radius 3 is 2.47 bits per heavy atom. The predicted octanol–water partition coefficient (Wildman–Crippen LogP) is 3.85. The van der Waals surface area contributed by atoms with Crippen LogP contribution < -0.4 is 10.6 Å².